The van der Waals surface area contributed by atoms with Crippen LogP contribution in [0.4, 0.5) is 13.2 Å². The highest BCUT2D eigenvalue weighted by Gasteiger charge is 2.32. The molecule has 0 aromatic heterocycles. The van der Waals surface area contributed by atoms with Crippen molar-refractivity contribution in [2.24, 2.45) is 0 Å². The SMILES string of the molecule is C=C[C@@H](c1ccc(C(F)(F)F)cc1OC)N1CCNCC1. The van der Waals surface area contributed by atoms with Crippen LogP contribution in [0.2, 0.25) is 0 Å². The normalized spacial score (nSPS) is 18.3. The minimum Gasteiger partial charge on any atom is -0.496 e. The number of hydrogen-bond acceptors (Lipinski definition) is 3. The Morgan fingerprint density at radius 2 is 2.00 bits per heavy atom. The maximum atomic E-state index is 12.8. The van der Waals surface area contributed by atoms with E-state index in [1.807, 2.05) is 0 Å². The van der Waals surface area contributed by atoms with Gasteiger partial charge in [0.15, 0.2) is 0 Å². The molecule has 2 rings (SSSR count). The van der Waals surface area contributed by atoms with E-state index in [4.69, 9.17) is 4.74 Å². The molecule has 0 radical (unpaired) electrons. The van der Waals surface area contributed by atoms with Gasteiger partial charge in [-0.3, -0.25) is 4.90 Å². The van der Waals surface area contributed by atoms with Gasteiger partial charge in [0.25, 0.3) is 0 Å². The van der Waals surface area contributed by atoms with Crippen LogP contribution in [-0.4, -0.2) is 38.2 Å². The van der Waals surface area contributed by atoms with Gasteiger partial charge in [0.2, 0.25) is 0 Å². The molecule has 0 aliphatic carbocycles. The fraction of sp³-hybridized carbons (Fsp3) is 0.467. The van der Waals surface area contributed by atoms with E-state index in [1.54, 1.807) is 6.08 Å². The third-order valence-corrected chi connectivity index (χ3v) is 3.65. The van der Waals surface area contributed by atoms with Gasteiger partial charge in [-0.05, 0) is 12.1 Å². The van der Waals surface area contributed by atoms with E-state index in [-0.39, 0.29) is 11.8 Å². The zero-order valence-corrected chi connectivity index (χ0v) is 11.9. The van der Waals surface area contributed by atoms with E-state index >= 15 is 0 Å². The van der Waals surface area contributed by atoms with Crippen molar-refractivity contribution in [3.8, 4) is 5.75 Å². The van der Waals surface area contributed by atoms with Crippen molar-refractivity contribution in [1.29, 1.82) is 0 Å². The van der Waals surface area contributed by atoms with Gasteiger partial charge in [0.05, 0.1) is 18.7 Å². The second kappa shape index (κ2) is 6.49. The van der Waals surface area contributed by atoms with E-state index in [2.05, 4.69) is 16.8 Å². The summed E-state index contributed by atoms with van der Waals surface area (Å²) in [6, 6.07) is 3.48. The van der Waals surface area contributed by atoms with Gasteiger partial charge in [-0.2, -0.15) is 13.2 Å². The van der Waals surface area contributed by atoms with Crippen molar-refractivity contribution < 1.29 is 17.9 Å². The first-order valence-corrected chi connectivity index (χ1v) is 6.80. The van der Waals surface area contributed by atoms with Crippen LogP contribution in [-0.2, 0) is 6.18 Å². The molecule has 1 atom stereocenters. The van der Waals surface area contributed by atoms with Crippen LogP contribution < -0.4 is 10.1 Å². The first-order chi connectivity index (χ1) is 9.97. The number of nitrogens with one attached hydrogen (secondary N) is 1. The molecular weight excluding hydrogens is 281 g/mol. The molecule has 1 aromatic carbocycles. The third-order valence-electron chi connectivity index (χ3n) is 3.65. The standard InChI is InChI=1S/C15H19F3N2O/c1-3-13(20-8-6-19-7-9-20)12-5-4-11(15(16,17)18)10-14(12)21-2/h3-5,10,13,19H,1,6-9H2,2H3/t13-/m0/s1. The molecule has 3 nitrogen and oxygen atoms in total. The number of piperazine rings is 1. The number of nitrogens with zero attached hydrogens (tertiary/aromatic N) is 1. The zero-order valence-electron chi connectivity index (χ0n) is 11.9. The Morgan fingerprint density at radius 1 is 1.33 bits per heavy atom. The molecule has 1 heterocycles. The topological polar surface area (TPSA) is 24.5 Å². The summed E-state index contributed by atoms with van der Waals surface area (Å²) in [6.07, 6.45) is -2.62. The zero-order chi connectivity index (χ0) is 15.5. The molecule has 1 aromatic rings. The van der Waals surface area contributed by atoms with Crippen LogP contribution in [0.5, 0.6) is 5.75 Å². The van der Waals surface area contributed by atoms with Crippen LogP contribution in [0.1, 0.15) is 17.2 Å². The number of hydrogen-bond donors (Lipinski definition) is 1. The highest BCUT2D eigenvalue weighted by Crippen LogP contribution is 2.36. The molecule has 1 aliphatic rings. The van der Waals surface area contributed by atoms with Crippen LogP contribution in [0, 0.1) is 0 Å². The van der Waals surface area contributed by atoms with Crippen molar-refractivity contribution in [3.05, 3.63) is 42.0 Å². The van der Waals surface area contributed by atoms with E-state index in [1.165, 1.54) is 13.2 Å². The van der Waals surface area contributed by atoms with Gasteiger partial charge in [0.1, 0.15) is 5.75 Å². The Morgan fingerprint density at radius 3 is 2.52 bits per heavy atom. The average molecular weight is 300 g/mol. The largest absolute Gasteiger partial charge is 0.496 e. The summed E-state index contributed by atoms with van der Waals surface area (Å²) in [4.78, 5) is 2.18. The number of ether oxygens (including phenoxy) is 1. The van der Waals surface area contributed by atoms with Crippen molar-refractivity contribution in [3.63, 3.8) is 0 Å². The highest BCUT2D eigenvalue weighted by molar-refractivity contribution is 5.42. The molecule has 0 bridgehead atoms. The monoisotopic (exact) mass is 300 g/mol. The first kappa shape index (κ1) is 15.9. The van der Waals surface area contributed by atoms with Crippen molar-refractivity contribution >= 4 is 0 Å². The summed E-state index contributed by atoms with van der Waals surface area (Å²) in [5, 5.41) is 3.25. The number of halogens is 3. The number of benzene rings is 1. The van der Waals surface area contributed by atoms with E-state index in [9.17, 15) is 13.2 Å². The van der Waals surface area contributed by atoms with Gasteiger partial charge in [-0.25, -0.2) is 0 Å². The smallest absolute Gasteiger partial charge is 0.416 e. The molecule has 21 heavy (non-hydrogen) atoms. The summed E-state index contributed by atoms with van der Waals surface area (Å²) in [7, 11) is 1.39. The molecule has 1 aliphatic heterocycles. The lowest BCUT2D eigenvalue weighted by Gasteiger charge is -2.34. The fourth-order valence-electron chi connectivity index (χ4n) is 2.56. The minimum atomic E-state index is -4.37. The molecule has 0 saturated carbocycles. The Bertz CT molecular complexity index is 496. The number of methoxy groups -OCH3 is 1. The molecular formula is C15H19F3N2O. The second-order valence-electron chi connectivity index (χ2n) is 4.92. The summed E-state index contributed by atoms with van der Waals surface area (Å²) in [5.74, 6) is 0.244. The van der Waals surface area contributed by atoms with Gasteiger partial charge < -0.3 is 10.1 Å². The molecule has 116 valence electrons. The molecule has 1 saturated heterocycles. The van der Waals surface area contributed by atoms with Crippen LogP contribution >= 0.6 is 0 Å². The quantitative estimate of drug-likeness (QED) is 0.865. The number of rotatable bonds is 4. The van der Waals surface area contributed by atoms with E-state index in [0.717, 1.165) is 38.3 Å². The summed E-state index contributed by atoms with van der Waals surface area (Å²) >= 11 is 0. The Balaban J connectivity index is 2.34. The minimum absolute atomic E-state index is 0.149. The first-order valence-electron chi connectivity index (χ1n) is 6.80. The Kier molecular flexibility index (Phi) is 4.90. The van der Waals surface area contributed by atoms with Gasteiger partial charge in [0, 0.05) is 31.7 Å². The summed E-state index contributed by atoms with van der Waals surface area (Å²) in [6.45, 7) is 7.17. The summed E-state index contributed by atoms with van der Waals surface area (Å²) < 4.78 is 43.5. The van der Waals surface area contributed by atoms with E-state index < -0.39 is 11.7 Å². The Labute approximate surface area is 122 Å². The fourth-order valence-corrected chi connectivity index (χ4v) is 2.56. The second-order valence-corrected chi connectivity index (χ2v) is 4.92. The number of alkyl halides is 3. The summed E-state index contributed by atoms with van der Waals surface area (Å²) in [5.41, 5.74) is 0.00798. The highest BCUT2D eigenvalue weighted by atomic mass is 19.4. The average Bonchev–Trinajstić information content (AvgIpc) is 2.48. The molecule has 0 amide bonds. The van der Waals surface area contributed by atoms with Crippen molar-refractivity contribution in [2.45, 2.75) is 12.2 Å². The van der Waals surface area contributed by atoms with Gasteiger partial charge >= 0.3 is 6.18 Å². The Hall–Kier alpha value is -1.53. The molecule has 0 unspecified atom stereocenters. The van der Waals surface area contributed by atoms with Crippen LogP contribution in [0.25, 0.3) is 0 Å². The lowest BCUT2D eigenvalue weighted by molar-refractivity contribution is -0.137. The predicted molar refractivity (Wildman–Crippen MR) is 75.4 cm³/mol. The third kappa shape index (κ3) is 3.57. The van der Waals surface area contributed by atoms with Crippen molar-refractivity contribution in [2.75, 3.05) is 33.3 Å². The molecule has 0 spiro atoms. The lowest BCUT2D eigenvalue weighted by Crippen LogP contribution is -2.44. The maximum Gasteiger partial charge on any atom is 0.416 e. The van der Waals surface area contributed by atoms with Crippen LogP contribution in [0.3, 0.4) is 0 Å². The van der Waals surface area contributed by atoms with E-state index in [0.29, 0.717) is 5.56 Å². The van der Waals surface area contributed by atoms with Crippen LogP contribution in [0.15, 0.2) is 30.9 Å². The van der Waals surface area contributed by atoms with Gasteiger partial charge in [-0.1, -0.05) is 12.1 Å². The molecule has 1 N–H and O–H groups in total. The lowest BCUT2D eigenvalue weighted by atomic mass is 10.0. The predicted octanol–water partition coefficient (Wildman–Crippen LogP) is 2.85. The maximum absolute atomic E-state index is 12.8. The van der Waals surface area contributed by atoms with Gasteiger partial charge in [-0.15, -0.1) is 6.58 Å². The molecule has 1 fully saturated rings. The molecule has 6 heteroatoms. The van der Waals surface area contributed by atoms with Crippen molar-refractivity contribution in [1.82, 2.24) is 10.2 Å².